The van der Waals surface area contributed by atoms with Crippen LogP contribution in [0.5, 0.6) is 0 Å². The average Bonchev–Trinajstić information content (AvgIpc) is 3.50. The minimum atomic E-state index is -0.135. The van der Waals surface area contributed by atoms with Gasteiger partial charge in [-0.05, 0) is 84.7 Å². The number of H-pyrrole nitrogens is 1. The van der Waals surface area contributed by atoms with E-state index in [1.54, 1.807) is 18.7 Å². The van der Waals surface area contributed by atoms with Crippen LogP contribution in [0.15, 0.2) is 85.8 Å². The van der Waals surface area contributed by atoms with Gasteiger partial charge in [0.05, 0.1) is 0 Å². The van der Waals surface area contributed by atoms with Crippen LogP contribution in [0, 0.1) is 5.82 Å². The van der Waals surface area contributed by atoms with Crippen LogP contribution in [0.1, 0.15) is 35.4 Å². The molecule has 1 N–H and O–H groups in total. The first-order valence-electron chi connectivity index (χ1n) is 10.9. The fraction of sp³-hybridized carbons (Fsp3) is 0.192. The Labute approximate surface area is 186 Å². The number of nitrogens with zero attached hydrogens (tertiary/aromatic N) is 4. The molecular weight excluding hydrogens is 401 g/mol. The van der Waals surface area contributed by atoms with Crippen molar-refractivity contribution in [2.24, 2.45) is 0 Å². The zero-order chi connectivity index (χ0) is 21.8. The fourth-order valence-electron chi connectivity index (χ4n) is 4.36. The molecule has 1 unspecified atom stereocenters. The van der Waals surface area contributed by atoms with Gasteiger partial charge in [0.1, 0.15) is 18.5 Å². The summed E-state index contributed by atoms with van der Waals surface area (Å²) in [7, 11) is 0. The van der Waals surface area contributed by atoms with Crippen molar-refractivity contribution < 1.29 is 4.39 Å². The van der Waals surface area contributed by atoms with Crippen molar-refractivity contribution in [3.05, 3.63) is 108 Å². The van der Waals surface area contributed by atoms with Gasteiger partial charge in [0.2, 0.25) is 0 Å². The third-order valence-electron chi connectivity index (χ3n) is 6.07. The van der Waals surface area contributed by atoms with Crippen LogP contribution < -0.4 is 0 Å². The van der Waals surface area contributed by atoms with Crippen molar-refractivity contribution >= 4 is 10.9 Å². The number of benzene rings is 2. The van der Waals surface area contributed by atoms with Crippen LogP contribution in [0.4, 0.5) is 4.39 Å². The van der Waals surface area contributed by atoms with Crippen molar-refractivity contribution in [1.29, 1.82) is 0 Å². The molecule has 0 bridgehead atoms. The minimum Gasteiger partial charge on any atom is -0.361 e. The molecule has 2 aromatic carbocycles. The summed E-state index contributed by atoms with van der Waals surface area (Å²) in [6.45, 7) is 0. The van der Waals surface area contributed by atoms with E-state index in [0.29, 0.717) is 6.42 Å². The molecular formula is C26H24FN5. The quantitative estimate of drug-likeness (QED) is 0.350. The topological polar surface area (TPSA) is 59.4 Å². The molecule has 5 aromatic rings. The van der Waals surface area contributed by atoms with Gasteiger partial charge in [0.15, 0.2) is 0 Å². The normalized spacial score (nSPS) is 12.3. The number of hydrogen-bond acceptors (Lipinski definition) is 3. The maximum absolute atomic E-state index is 14.3. The highest BCUT2D eigenvalue weighted by Crippen LogP contribution is 2.29. The SMILES string of the molecule is Fc1ccccc1CC(CCCc1c[nH]c2ccc(-n3cnnc3)cc12)c1ccncc1. The lowest BCUT2D eigenvalue weighted by Gasteiger charge is -2.18. The van der Waals surface area contributed by atoms with E-state index in [-0.39, 0.29) is 11.7 Å². The number of rotatable bonds is 8. The summed E-state index contributed by atoms with van der Waals surface area (Å²) >= 11 is 0. The highest BCUT2D eigenvalue weighted by molar-refractivity contribution is 5.85. The maximum atomic E-state index is 14.3. The fourth-order valence-corrected chi connectivity index (χ4v) is 4.36. The Kier molecular flexibility index (Phi) is 5.75. The summed E-state index contributed by atoms with van der Waals surface area (Å²) < 4.78 is 16.2. The first-order valence-corrected chi connectivity index (χ1v) is 10.9. The number of nitrogens with one attached hydrogen (secondary N) is 1. The zero-order valence-electron chi connectivity index (χ0n) is 17.7. The zero-order valence-corrected chi connectivity index (χ0v) is 17.7. The van der Waals surface area contributed by atoms with E-state index in [4.69, 9.17) is 0 Å². The van der Waals surface area contributed by atoms with Crippen LogP contribution in [0.2, 0.25) is 0 Å². The molecule has 0 saturated carbocycles. The van der Waals surface area contributed by atoms with E-state index in [1.807, 2.05) is 41.2 Å². The van der Waals surface area contributed by atoms with E-state index >= 15 is 0 Å². The van der Waals surface area contributed by atoms with Gasteiger partial charge in [0, 0.05) is 35.2 Å². The molecule has 5 nitrogen and oxygen atoms in total. The monoisotopic (exact) mass is 425 g/mol. The Morgan fingerprint density at radius 2 is 1.75 bits per heavy atom. The molecule has 32 heavy (non-hydrogen) atoms. The van der Waals surface area contributed by atoms with Gasteiger partial charge in [-0.2, -0.15) is 0 Å². The molecule has 3 heterocycles. The lowest BCUT2D eigenvalue weighted by molar-refractivity contribution is 0.556. The molecule has 0 aliphatic rings. The molecule has 0 saturated heterocycles. The Hall–Kier alpha value is -3.80. The summed E-state index contributed by atoms with van der Waals surface area (Å²) in [5.74, 6) is 0.109. The maximum Gasteiger partial charge on any atom is 0.126 e. The molecule has 0 aliphatic heterocycles. The van der Waals surface area contributed by atoms with Crippen LogP contribution in [-0.2, 0) is 12.8 Å². The van der Waals surface area contributed by atoms with Crippen molar-refractivity contribution in [2.45, 2.75) is 31.6 Å². The Morgan fingerprint density at radius 1 is 0.938 bits per heavy atom. The average molecular weight is 426 g/mol. The largest absolute Gasteiger partial charge is 0.361 e. The number of halogens is 1. The van der Waals surface area contributed by atoms with Gasteiger partial charge in [-0.25, -0.2) is 4.39 Å². The van der Waals surface area contributed by atoms with Crippen LogP contribution in [-0.4, -0.2) is 24.7 Å². The van der Waals surface area contributed by atoms with Crippen LogP contribution in [0.3, 0.4) is 0 Å². The third-order valence-corrected chi connectivity index (χ3v) is 6.07. The summed E-state index contributed by atoms with van der Waals surface area (Å²) in [5, 5.41) is 9.02. The van der Waals surface area contributed by atoms with Crippen LogP contribution in [0.25, 0.3) is 16.6 Å². The summed E-state index contributed by atoms with van der Waals surface area (Å²) in [6.07, 6.45) is 12.7. The second-order valence-electron chi connectivity index (χ2n) is 8.08. The summed E-state index contributed by atoms with van der Waals surface area (Å²) in [5.41, 5.74) is 5.41. The highest BCUT2D eigenvalue weighted by atomic mass is 19.1. The first kappa shape index (κ1) is 20.1. The molecule has 3 aromatic heterocycles. The Balaban J connectivity index is 1.33. The molecule has 5 rings (SSSR count). The lowest BCUT2D eigenvalue weighted by atomic mass is 9.87. The number of aryl methyl sites for hydroxylation is 1. The molecule has 0 amide bonds. The minimum absolute atomic E-state index is 0.135. The van der Waals surface area contributed by atoms with Gasteiger partial charge in [-0.1, -0.05) is 18.2 Å². The predicted octanol–water partition coefficient (Wildman–Crippen LogP) is 5.63. The van der Waals surface area contributed by atoms with Crippen LogP contribution >= 0.6 is 0 Å². The summed E-state index contributed by atoms with van der Waals surface area (Å²) in [4.78, 5) is 7.53. The molecule has 6 heteroatoms. The van der Waals surface area contributed by atoms with Gasteiger partial charge in [-0.3, -0.25) is 9.55 Å². The molecule has 160 valence electrons. The van der Waals surface area contributed by atoms with E-state index < -0.39 is 0 Å². The second-order valence-corrected chi connectivity index (χ2v) is 8.08. The van der Waals surface area contributed by atoms with Crippen molar-refractivity contribution in [3.8, 4) is 5.69 Å². The van der Waals surface area contributed by atoms with Gasteiger partial charge in [0.25, 0.3) is 0 Å². The Morgan fingerprint density at radius 3 is 2.56 bits per heavy atom. The van der Waals surface area contributed by atoms with E-state index in [2.05, 4.69) is 44.6 Å². The smallest absolute Gasteiger partial charge is 0.126 e. The predicted molar refractivity (Wildman–Crippen MR) is 123 cm³/mol. The lowest BCUT2D eigenvalue weighted by Crippen LogP contribution is -2.06. The Bertz CT molecular complexity index is 1290. The highest BCUT2D eigenvalue weighted by Gasteiger charge is 2.15. The molecule has 0 radical (unpaired) electrons. The van der Waals surface area contributed by atoms with Gasteiger partial charge in [-0.15, -0.1) is 10.2 Å². The standard InChI is InChI=1S/C26H24FN5/c27-25-7-2-1-4-21(25)14-20(19-10-12-28-13-11-19)5-3-6-22-16-29-26-9-8-23(15-24(22)26)32-17-30-31-18-32/h1-2,4,7-13,15-18,20,29H,3,5-6,14H2. The number of fused-ring (bicyclic) bond motifs is 1. The van der Waals surface area contributed by atoms with Gasteiger partial charge >= 0.3 is 0 Å². The van der Waals surface area contributed by atoms with Crippen molar-refractivity contribution in [1.82, 2.24) is 24.7 Å². The van der Waals surface area contributed by atoms with E-state index in [1.165, 1.54) is 22.6 Å². The van der Waals surface area contributed by atoms with E-state index in [0.717, 1.165) is 36.0 Å². The molecule has 0 aliphatic carbocycles. The summed E-state index contributed by atoms with van der Waals surface area (Å²) in [6, 6.07) is 17.5. The van der Waals surface area contributed by atoms with Crippen molar-refractivity contribution in [3.63, 3.8) is 0 Å². The van der Waals surface area contributed by atoms with Gasteiger partial charge < -0.3 is 4.98 Å². The molecule has 1 atom stereocenters. The number of aromatic nitrogens is 5. The first-order chi connectivity index (χ1) is 15.8. The molecule has 0 fully saturated rings. The number of pyridine rings is 1. The number of aromatic amines is 1. The van der Waals surface area contributed by atoms with Crippen molar-refractivity contribution in [2.75, 3.05) is 0 Å². The molecule has 0 spiro atoms. The number of hydrogen-bond donors (Lipinski definition) is 1. The second kappa shape index (κ2) is 9.14. The third kappa shape index (κ3) is 4.30. The van der Waals surface area contributed by atoms with E-state index in [9.17, 15) is 4.39 Å².